The van der Waals surface area contributed by atoms with Crippen molar-refractivity contribution in [3.8, 4) is 5.75 Å². The summed E-state index contributed by atoms with van der Waals surface area (Å²) in [7, 11) is 1.36. The first-order chi connectivity index (χ1) is 10.0. The van der Waals surface area contributed by atoms with E-state index >= 15 is 0 Å². The van der Waals surface area contributed by atoms with Gasteiger partial charge in [-0.15, -0.1) is 0 Å². The van der Waals surface area contributed by atoms with Crippen molar-refractivity contribution in [1.82, 2.24) is 4.98 Å². The highest BCUT2D eigenvalue weighted by atomic mass is 19.1. The lowest BCUT2D eigenvalue weighted by Crippen LogP contribution is -2.13. The number of halogens is 1. The second-order valence-electron chi connectivity index (χ2n) is 4.43. The summed E-state index contributed by atoms with van der Waals surface area (Å²) in [6, 6.07) is 7.27. The molecule has 0 saturated carbocycles. The number of pyridine rings is 1. The van der Waals surface area contributed by atoms with Gasteiger partial charge in [0.25, 0.3) is 5.91 Å². The van der Waals surface area contributed by atoms with Gasteiger partial charge in [0, 0.05) is 23.0 Å². The fourth-order valence-corrected chi connectivity index (χ4v) is 1.86. The number of nitrogen functional groups attached to an aromatic ring is 1. The lowest BCUT2D eigenvalue weighted by atomic mass is 10.1. The molecule has 0 saturated heterocycles. The van der Waals surface area contributed by atoms with Gasteiger partial charge in [-0.3, -0.25) is 4.79 Å². The van der Waals surface area contributed by atoms with E-state index in [0.29, 0.717) is 17.7 Å². The molecule has 0 unspecified atom stereocenters. The van der Waals surface area contributed by atoms with Crippen LogP contribution in [-0.2, 0) is 6.42 Å². The molecule has 2 aromatic rings. The predicted octanol–water partition coefficient (Wildman–Crippen LogP) is 2.63. The molecule has 1 amide bonds. The molecule has 6 heteroatoms. The van der Waals surface area contributed by atoms with Crippen molar-refractivity contribution in [2.45, 2.75) is 13.3 Å². The molecule has 21 heavy (non-hydrogen) atoms. The van der Waals surface area contributed by atoms with Gasteiger partial charge in [-0.1, -0.05) is 6.92 Å². The zero-order valence-electron chi connectivity index (χ0n) is 11.8. The largest absolute Gasteiger partial charge is 0.494 e. The quantitative estimate of drug-likeness (QED) is 0.907. The molecule has 2 rings (SSSR count). The molecule has 0 radical (unpaired) electrons. The lowest BCUT2D eigenvalue weighted by Gasteiger charge is -2.09. The number of amides is 1. The summed E-state index contributed by atoms with van der Waals surface area (Å²) < 4.78 is 18.2. The van der Waals surface area contributed by atoms with E-state index in [4.69, 9.17) is 10.5 Å². The standard InChI is InChI=1S/C15H16FN3O2/c1-3-10-6-9(7-14(17)18-10)15(20)19-11-4-5-12(16)13(8-11)21-2/h4-8H,3H2,1-2H3,(H2,17,18)(H,19,20). The van der Waals surface area contributed by atoms with Gasteiger partial charge in [-0.05, 0) is 30.7 Å². The first kappa shape index (κ1) is 14.8. The smallest absolute Gasteiger partial charge is 0.255 e. The molecule has 0 atom stereocenters. The minimum atomic E-state index is -0.489. The number of ether oxygens (including phenoxy) is 1. The molecule has 1 heterocycles. The second-order valence-corrected chi connectivity index (χ2v) is 4.43. The fraction of sp³-hybridized carbons (Fsp3) is 0.200. The first-order valence-electron chi connectivity index (χ1n) is 6.44. The molecule has 0 spiro atoms. The Labute approximate surface area is 121 Å². The van der Waals surface area contributed by atoms with Crippen LogP contribution >= 0.6 is 0 Å². The van der Waals surface area contributed by atoms with Crippen molar-refractivity contribution in [2.24, 2.45) is 0 Å². The van der Waals surface area contributed by atoms with E-state index in [-0.39, 0.29) is 17.5 Å². The van der Waals surface area contributed by atoms with Crippen molar-refractivity contribution in [1.29, 1.82) is 0 Å². The zero-order chi connectivity index (χ0) is 15.4. The number of carbonyl (C=O) groups is 1. The number of nitrogens with one attached hydrogen (secondary N) is 1. The number of aromatic nitrogens is 1. The third kappa shape index (κ3) is 3.47. The van der Waals surface area contributed by atoms with Crippen LogP contribution in [0.25, 0.3) is 0 Å². The molecule has 110 valence electrons. The summed E-state index contributed by atoms with van der Waals surface area (Å²) in [6.07, 6.45) is 0.676. The van der Waals surface area contributed by atoms with Crippen molar-refractivity contribution in [3.05, 3.63) is 47.4 Å². The molecule has 1 aromatic carbocycles. The van der Waals surface area contributed by atoms with Crippen LogP contribution in [0.1, 0.15) is 23.0 Å². The van der Waals surface area contributed by atoms with Crippen LogP contribution in [-0.4, -0.2) is 18.0 Å². The van der Waals surface area contributed by atoms with E-state index in [1.165, 1.54) is 31.4 Å². The van der Waals surface area contributed by atoms with E-state index in [2.05, 4.69) is 10.3 Å². The highest BCUT2D eigenvalue weighted by Crippen LogP contribution is 2.22. The van der Waals surface area contributed by atoms with Gasteiger partial charge >= 0.3 is 0 Å². The molecule has 0 fully saturated rings. The zero-order valence-corrected chi connectivity index (χ0v) is 11.8. The lowest BCUT2D eigenvalue weighted by molar-refractivity contribution is 0.102. The highest BCUT2D eigenvalue weighted by Gasteiger charge is 2.10. The normalized spacial score (nSPS) is 10.2. The molecule has 3 N–H and O–H groups in total. The van der Waals surface area contributed by atoms with Crippen LogP contribution in [0.15, 0.2) is 30.3 Å². The number of methoxy groups -OCH3 is 1. The molecule has 0 bridgehead atoms. The number of hydrogen-bond donors (Lipinski definition) is 2. The summed E-state index contributed by atoms with van der Waals surface area (Å²) in [5.41, 5.74) is 7.25. The maximum atomic E-state index is 13.3. The van der Waals surface area contributed by atoms with Gasteiger partial charge in [0.05, 0.1) is 7.11 Å². The average molecular weight is 289 g/mol. The number of benzene rings is 1. The third-order valence-corrected chi connectivity index (χ3v) is 2.93. The number of nitrogens with two attached hydrogens (primary N) is 1. The van der Waals surface area contributed by atoms with Crippen LogP contribution in [0.4, 0.5) is 15.9 Å². The first-order valence-corrected chi connectivity index (χ1v) is 6.44. The van der Waals surface area contributed by atoms with Gasteiger partial charge in [-0.2, -0.15) is 0 Å². The van der Waals surface area contributed by atoms with E-state index in [1.807, 2.05) is 6.92 Å². The predicted molar refractivity (Wildman–Crippen MR) is 78.9 cm³/mol. The van der Waals surface area contributed by atoms with Crippen molar-refractivity contribution in [3.63, 3.8) is 0 Å². The SMILES string of the molecule is CCc1cc(C(=O)Nc2ccc(F)c(OC)c2)cc(N)n1. The van der Waals surface area contributed by atoms with Gasteiger partial charge in [0.15, 0.2) is 11.6 Å². The van der Waals surface area contributed by atoms with Gasteiger partial charge < -0.3 is 15.8 Å². The van der Waals surface area contributed by atoms with Crippen LogP contribution in [0, 0.1) is 5.82 Å². The van der Waals surface area contributed by atoms with E-state index in [1.54, 1.807) is 6.07 Å². The molecule has 5 nitrogen and oxygen atoms in total. The van der Waals surface area contributed by atoms with Gasteiger partial charge in [0.2, 0.25) is 0 Å². The summed E-state index contributed by atoms with van der Waals surface area (Å²) in [4.78, 5) is 16.3. The Morgan fingerprint density at radius 1 is 1.38 bits per heavy atom. The second kappa shape index (κ2) is 6.21. The summed E-state index contributed by atoms with van der Waals surface area (Å²) in [6.45, 7) is 1.92. The number of aryl methyl sites for hydroxylation is 1. The Morgan fingerprint density at radius 3 is 2.81 bits per heavy atom. The third-order valence-electron chi connectivity index (χ3n) is 2.93. The Hall–Kier alpha value is -2.63. The summed E-state index contributed by atoms with van der Waals surface area (Å²) in [5, 5.41) is 2.67. The minimum absolute atomic E-state index is 0.0660. The monoisotopic (exact) mass is 289 g/mol. The van der Waals surface area contributed by atoms with Crippen LogP contribution < -0.4 is 15.8 Å². The Morgan fingerprint density at radius 2 is 2.14 bits per heavy atom. The van der Waals surface area contributed by atoms with E-state index in [9.17, 15) is 9.18 Å². The number of carbonyl (C=O) groups excluding carboxylic acids is 1. The van der Waals surface area contributed by atoms with E-state index < -0.39 is 5.82 Å². The number of rotatable bonds is 4. The van der Waals surface area contributed by atoms with Crippen molar-refractivity contribution >= 4 is 17.4 Å². The minimum Gasteiger partial charge on any atom is -0.494 e. The summed E-state index contributed by atoms with van der Waals surface area (Å²) in [5.74, 6) is -0.475. The highest BCUT2D eigenvalue weighted by molar-refractivity contribution is 6.04. The van der Waals surface area contributed by atoms with Crippen LogP contribution in [0.2, 0.25) is 0 Å². The molecular weight excluding hydrogens is 273 g/mol. The van der Waals surface area contributed by atoms with Crippen LogP contribution in [0.3, 0.4) is 0 Å². The summed E-state index contributed by atoms with van der Waals surface area (Å²) >= 11 is 0. The maximum absolute atomic E-state index is 13.3. The Kier molecular flexibility index (Phi) is 4.37. The van der Waals surface area contributed by atoms with Crippen molar-refractivity contribution < 1.29 is 13.9 Å². The molecular formula is C15H16FN3O2. The molecule has 0 aliphatic heterocycles. The molecule has 0 aliphatic rings. The number of nitrogens with zero attached hydrogens (tertiary/aromatic N) is 1. The molecule has 0 aliphatic carbocycles. The van der Waals surface area contributed by atoms with E-state index in [0.717, 1.165) is 5.69 Å². The topological polar surface area (TPSA) is 77.2 Å². The number of anilines is 2. The fourth-order valence-electron chi connectivity index (χ4n) is 1.86. The maximum Gasteiger partial charge on any atom is 0.255 e. The Balaban J connectivity index is 2.23. The van der Waals surface area contributed by atoms with Gasteiger partial charge in [0.1, 0.15) is 5.82 Å². The number of hydrogen-bond acceptors (Lipinski definition) is 4. The van der Waals surface area contributed by atoms with Crippen LogP contribution in [0.5, 0.6) is 5.75 Å². The molecule has 1 aromatic heterocycles. The Bertz CT molecular complexity index is 674. The van der Waals surface area contributed by atoms with Crippen molar-refractivity contribution in [2.75, 3.05) is 18.2 Å². The van der Waals surface area contributed by atoms with Gasteiger partial charge in [-0.25, -0.2) is 9.37 Å². The average Bonchev–Trinajstić information content (AvgIpc) is 2.48.